The first kappa shape index (κ1) is 15.0. The highest BCUT2D eigenvalue weighted by Gasteiger charge is 1.95. The molecule has 0 aliphatic carbocycles. The van der Waals surface area contributed by atoms with Gasteiger partial charge in [-0.05, 0) is 37.1 Å². The van der Waals surface area contributed by atoms with E-state index in [1.54, 1.807) is 0 Å². The fourth-order valence-electron chi connectivity index (χ4n) is 1.77. The molecule has 0 fully saturated rings. The van der Waals surface area contributed by atoms with Gasteiger partial charge in [0.25, 0.3) is 0 Å². The van der Waals surface area contributed by atoms with Crippen LogP contribution in [-0.4, -0.2) is 13.2 Å². The Morgan fingerprint density at radius 2 is 1.67 bits per heavy atom. The summed E-state index contributed by atoms with van der Waals surface area (Å²) in [7, 11) is 0. The van der Waals surface area contributed by atoms with Crippen molar-refractivity contribution in [2.45, 2.75) is 52.5 Å². The summed E-state index contributed by atoms with van der Waals surface area (Å²) in [4.78, 5) is 0. The van der Waals surface area contributed by atoms with Gasteiger partial charge in [-0.15, -0.1) is 0 Å². The molecular formula is C16H27NO. The smallest absolute Gasteiger partial charge is 0.119 e. The Kier molecular flexibility index (Phi) is 8.32. The fourth-order valence-corrected chi connectivity index (χ4v) is 1.77. The molecule has 0 bridgehead atoms. The molecule has 0 amide bonds. The van der Waals surface area contributed by atoms with Gasteiger partial charge in [0.1, 0.15) is 5.75 Å². The minimum Gasteiger partial charge on any atom is -0.494 e. The van der Waals surface area contributed by atoms with Gasteiger partial charge in [0.15, 0.2) is 0 Å². The zero-order chi connectivity index (χ0) is 13.1. The summed E-state index contributed by atoms with van der Waals surface area (Å²) in [5.41, 5.74) is 1.33. The summed E-state index contributed by atoms with van der Waals surface area (Å²) in [6.07, 6.45) is 6.18. The van der Waals surface area contributed by atoms with Crippen LogP contribution in [0.15, 0.2) is 24.3 Å². The number of nitrogens with one attached hydrogen (secondary N) is 1. The van der Waals surface area contributed by atoms with Gasteiger partial charge in [0.05, 0.1) is 6.61 Å². The highest BCUT2D eigenvalue weighted by molar-refractivity contribution is 5.27. The van der Waals surface area contributed by atoms with Crippen molar-refractivity contribution in [2.24, 2.45) is 0 Å². The van der Waals surface area contributed by atoms with E-state index in [2.05, 4.69) is 43.4 Å². The second kappa shape index (κ2) is 9.95. The topological polar surface area (TPSA) is 21.3 Å². The normalized spacial score (nSPS) is 10.6. The standard InChI is InChI=1S/C16H27NO/c1-3-5-7-12-17-14-15-8-10-16(11-9-15)18-13-6-4-2/h8-11,17H,3-7,12-14H2,1-2H3. The lowest BCUT2D eigenvalue weighted by molar-refractivity contribution is 0.309. The quantitative estimate of drug-likeness (QED) is 0.629. The van der Waals surface area contributed by atoms with E-state index in [-0.39, 0.29) is 0 Å². The van der Waals surface area contributed by atoms with Crippen LogP contribution in [0.2, 0.25) is 0 Å². The zero-order valence-electron chi connectivity index (χ0n) is 11.9. The van der Waals surface area contributed by atoms with E-state index in [4.69, 9.17) is 4.74 Å². The first-order valence-electron chi connectivity index (χ1n) is 7.29. The maximum atomic E-state index is 5.64. The van der Waals surface area contributed by atoms with Crippen LogP contribution >= 0.6 is 0 Å². The molecule has 0 spiro atoms. The minimum absolute atomic E-state index is 0.825. The van der Waals surface area contributed by atoms with Gasteiger partial charge in [0.2, 0.25) is 0 Å². The van der Waals surface area contributed by atoms with Crippen molar-refractivity contribution in [3.05, 3.63) is 29.8 Å². The van der Waals surface area contributed by atoms with Crippen LogP contribution in [0.5, 0.6) is 5.75 Å². The number of hydrogen-bond donors (Lipinski definition) is 1. The van der Waals surface area contributed by atoms with Crippen molar-refractivity contribution in [3.8, 4) is 5.75 Å². The molecule has 0 heterocycles. The minimum atomic E-state index is 0.825. The molecule has 0 saturated carbocycles. The van der Waals surface area contributed by atoms with Crippen LogP contribution in [-0.2, 0) is 6.54 Å². The second-order valence-electron chi connectivity index (χ2n) is 4.73. The molecule has 0 aliphatic rings. The van der Waals surface area contributed by atoms with Gasteiger partial charge in [-0.1, -0.05) is 45.2 Å². The van der Waals surface area contributed by atoms with Gasteiger partial charge >= 0.3 is 0 Å². The van der Waals surface area contributed by atoms with E-state index in [1.165, 1.54) is 31.2 Å². The Hall–Kier alpha value is -1.02. The number of benzene rings is 1. The van der Waals surface area contributed by atoms with Gasteiger partial charge < -0.3 is 10.1 Å². The summed E-state index contributed by atoms with van der Waals surface area (Å²) in [5, 5.41) is 3.47. The van der Waals surface area contributed by atoms with E-state index in [1.807, 2.05) is 0 Å². The number of rotatable bonds is 10. The van der Waals surface area contributed by atoms with E-state index in [0.717, 1.165) is 31.9 Å². The highest BCUT2D eigenvalue weighted by atomic mass is 16.5. The second-order valence-corrected chi connectivity index (χ2v) is 4.73. The molecule has 1 rings (SSSR count). The Balaban J connectivity index is 2.19. The molecule has 2 nitrogen and oxygen atoms in total. The molecule has 0 saturated heterocycles. The van der Waals surface area contributed by atoms with Gasteiger partial charge in [-0.3, -0.25) is 0 Å². The first-order valence-corrected chi connectivity index (χ1v) is 7.29. The predicted molar refractivity (Wildman–Crippen MR) is 78.1 cm³/mol. The lowest BCUT2D eigenvalue weighted by Crippen LogP contribution is -2.14. The predicted octanol–water partition coefficient (Wildman–Crippen LogP) is 4.15. The van der Waals surface area contributed by atoms with Crippen LogP contribution in [0.3, 0.4) is 0 Å². The van der Waals surface area contributed by atoms with E-state index in [9.17, 15) is 0 Å². The molecule has 1 N–H and O–H groups in total. The molecule has 0 atom stereocenters. The Morgan fingerprint density at radius 3 is 2.33 bits per heavy atom. The van der Waals surface area contributed by atoms with E-state index in [0.29, 0.717) is 0 Å². The highest BCUT2D eigenvalue weighted by Crippen LogP contribution is 2.12. The lowest BCUT2D eigenvalue weighted by Gasteiger charge is -2.07. The van der Waals surface area contributed by atoms with Crippen LogP contribution < -0.4 is 10.1 Å². The van der Waals surface area contributed by atoms with E-state index >= 15 is 0 Å². The third kappa shape index (κ3) is 6.65. The molecule has 1 aromatic rings. The largest absolute Gasteiger partial charge is 0.494 e. The first-order chi connectivity index (χ1) is 8.86. The van der Waals surface area contributed by atoms with Crippen LogP contribution in [0.1, 0.15) is 51.5 Å². The number of unbranched alkanes of at least 4 members (excludes halogenated alkanes) is 3. The fraction of sp³-hybridized carbons (Fsp3) is 0.625. The molecule has 102 valence electrons. The van der Waals surface area contributed by atoms with Crippen molar-refractivity contribution in [3.63, 3.8) is 0 Å². The number of hydrogen-bond acceptors (Lipinski definition) is 2. The van der Waals surface area contributed by atoms with Crippen LogP contribution in [0.25, 0.3) is 0 Å². The van der Waals surface area contributed by atoms with Crippen molar-refractivity contribution in [1.29, 1.82) is 0 Å². The summed E-state index contributed by atoms with van der Waals surface area (Å²) in [6.45, 7) is 7.31. The Labute approximate surface area is 112 Å². The van der Waals surface area contributed by atoms with Gasteiger partial charge in [-0.25, -0.2) is 0 Å². The molecule has 1 aromatic carbocycles. The van der Waals surface area contributed by atoms with E-state index < -0.39 is 0 Å². The van der Waals surface area contributed by atoms with Crippen molar-refractivity contribution < 1.29 is 4.74 Å². The molecule has 0 aromatic heterocycles. The zero-order valence-corrected chi connectivity index (χ0v) is 11.9. The molecular weight excluding hydrogens is 222 g/mol. The molecule has 18 heavy (non-hydrogen) atoms. The third-order valence-electron chi connectivity index (χ3n) is 2.98. The van der Waals surface area contributed by atoms with Crippen molar-refractivity contribution in [1.82, 2.24) is 5.32 Å². The maximum Gasteiger partial charge on any atom is 0.119 e. The Bertz CT molecular complexity index is 294. The van der Waals surface area contributed by atoms with Crippen LogP contribution in [0, 0.1) is 0 Å². The maximum absolute atomic E-state index is 5.64. The van der Waals surface area contributed by atoms with Gasteiger partial charge in [0, 0.05) is 6.54 Å². The molecule has 0 radical (unpaired) electrons. The third-order valence-corrected chi connectivity index (χ3v) is 2.98. The molecule has 0 unspecified atom stereocenters. The average molecular weight is 249 g/mol. The summed E-state index contributed by atoms with van der Waals surface area (Å²) >= 11 is 0. The summed E-state index contributed by atoms with van der Waals surface area (Å²) < 4.78 is 5.64. The van der Waals surface area contributed by atoms with Gasteiger partial charge in [-0.2, -0.15) is 0 Å². The SMILES string of the molecule is CCCCCNCc1ccc(OCCCC)cc1. The van der Waals surface area contributed by atoms with Crippen molar-refractivity contribution in [2.75, 3.05) is 13.2 Å². The van der Waals surface area contributed by atoms with Crippen LogP contribution in [0.4, 0.5) is 0 Å². The van der Waals surface area contributed by atoms with Crippen molar-refractivity contribution >= 4 is 0 Å². The Morgan fingerprint density at radius 1 is 0.944 bits per heavy atom. The molecule has 0 aliphatic heterocycles. The summed E-state index contributed by atoms with van der Waals surface area (Å²) in [6, 6.07) is 8.43. The summed E-state index contributed by atoms with van der Waals surface area (Å²) in [5.74, 6) is 0.984. The monoisotopic (exact) mass is 249 g/mol. The lowest BCUT2D eigenvalue weighted by atomic mass is 10.2. The number of ether oxygens (including phenoxy) is 1. The molecule has 2 heteroatoms. The average Bonchev–Trinajstić information content (AvgIpc) is 2.40.